The summed E-state index contributed by atoms with van der Waals surface area (Å²) in [6.45, 7) is 3.65. The number of furan rings is 1. The van der Waals surface area contributed by atoms with E-state index >= 15 is 0 Å². The van der Waals surface area contributed by atoms with Crippen molar-refractivity contribution >= 4 is 38.8 Å². The predicted octanol–water partition coefficient (Wildman–Crippen LogP) is 2.57. The van der Waals surface area contributed by atoms with Gasteiger partial charge >= 0.3 is 6.09 Å². The third kappa shape index (κ3) is 4.88. The average molecular weight is 541 g/mol. The molecule has 2 aliphatic rings. The fraction of sp³-hybridized carbons (Fsp3) is 0.385. The van der Waals surface area contributed by atoms with Gasteiger partial charge in [0.05, 0.1) is 12.6 Å². The Kier molecular flexibility index (Phi) is 6.93. The van der Waals surface area contributed by atoms with E-state index in [2.05, 4.69) is 10.3 Å². The number of rotatable bonds is 7. The van der Waals surface area contributed by atoms with E-state index in [0.29, 0.717) is 18.4 Å². The number of hydrogen-bond acceptors (Lipinski definition) is 8. The molecule has 1 aromatic carbocycles. The summed E-state index contributed by atoms with van der Waals surface area (Å²) in [5, 5.41) is 3.23. The molecule has 4 heterocycles. The van der Waals surface area contributed by atoms with E-state index in [1.54, 1.807) is 30.3 Å². The number of ether oxygens (including phenoxy) is 1. The minimum Gasteiger partial charge on any atom is -0.425 e. The van der Waals surface area contributed by atoms with Crippen molar-refractivity contribution in [1.29, 1.82) is 0 Å². The number of benzene rings is 1. The van der Waals surface area contributed by atoms with Crippen molar-refractivity contribution in [3.05, 3.63) is 54.7 Å². The minimum atomic E-state index is -4.02. The fourth-order valence-corrected chi connectivity index (χ4v) is 6.68. The van der Waals surface area contributed by atoms with Crippen LogP contribution in [0.2, 0.25) is 0 Å². The zero-order valence-electron chi connectivity index (χ0n) is 20.9. The fourth-order valence-electron chi connectivity index (χ4n) is 5.12. The molecule has 0 spiro atoms. The molecule has 12 heteroatoms. The van der Waals surface area contributed by atoms with Crippen molar-refractivity contribution in [3.8, 4) is 5.95 Å². The SMILES string of the molecule is CC(C)CC(NC(=O)Oc1cc2ccccc2o1)C(=O)N1CCC2C1C(=O)CN2S(=O)(=O)c1ccccn1. The molecule has 2 saturated heterocycles. The Balaban J connectivity index is 1.31. The van der Waals surface area contributed by atoms with Gasteiger partial charge in [-0.05, 0) is 37.0 Å². The largest absolute Gasteiger partial charge is 0.425 e. The second-order valence-electron chi connectivity index (χ2n) is 9.84. The third-order valence-corrected chi connectivity index (χ3v) is 8.55. The molecule has 0 aliphatic carbocycles. The van der Waals surface area contributed by atoms with Crippen LogP contribution in [-0.2, 0) is 19.6 Å². The minimum absolute atomic E-state index is 0.0120. The number of ketones is 1. The Morgan fingerprint density at radius 2 is 1.95 bits per heavy atom. The van der Waals surface area contributed by atoms with Gasteiger partial charge in [-0.3, -0.25) is 9.59 Å². The van der Waals surface area contributed by atoms with Crippen molar-refractivity contribution in [3.63, 3.8) is 0 Å². The van der Waals surface area contributed by atoms with E-state index in [4.69, 9.17) is 9.15 Å². The van der Waals surface area contributed by atoms with Crippen LogP contribution in [0.15, 0.2) is 64.2 Å². The van der Waals surface area contributed by atoms with Crippen LogP contribution < -0.4 is 10.1 Å². The average Bonchev–Trinajstić information content (AvgIpc) is 3.58. The number of Topliss-reactive ketones (excluding diaryl/α,β-unsaturated/α-hetero) is 1. The zero-order chi connectivity index (χ0) is 27.0. The molecule has 2 aromatic heterocycles. The molecule has 200 valence electrons. The highest BCUT2D eigenvalue weighted by atomic mass is 32.2. The number of nitrogens with zero attached hydrogens (tertiary/aromatic N) is 3. The van der Waals surface area contributed by atoms with Crippen molar-refractivity contribution in [2.45, 2.75) is 49.8 Å². The lowest BCUT2D eigenvalue weighted by molar-refractivity contribution is -0.138. The standard InChI is InChI=1S/C26H28N4O7S/c1-16(2)13-18(28-26(33)37-23-14-17-7-3-4-8-21(17)36-23)25(32)29-12-10-19-24(29)20(31)15-30(19)38(34,35)22-9-5-6-11-27-22/h3-9,11,14,16,18-19,24H,10,12-13,15H2,1-2H3,(H,28,33). The molecule has 2 fully saturated rings. The first-order valence-corrected chi connectivity index (χ1v) is 13.8. The highest BCUT2D eigenvalue weighted by Crippen LogP contribution is 2.34. The Bertz CT molecular complexity index is 1440. The molecule has 3 unspecified atom stereocenters. The molecule has 5 rings (SSSR count). The predicted molar refractivity (Wildman–Crippen MR) is 136 cm³/mol. The van der Waals surface area contributed by atoms with Crippen molar-refractivity contribution in [2.75, 3.05) is 13.1 Å². The summed E-state index contributed by atoms with van der Waals surface area (Å²) in [5.41, 5.74) is 0.554. The van der Waals surface area contributed by atoms with Gasteiger partial charge < -0.3 is 19.4 Å². The number of carbonyl (C=O) groups excluding carboxylic acids is 3. The van der Waals surface area contributed by atoms with E-state index in [-0.39, 0.29) is 35.8 Å². The Morgan fingerprint density at radius 3 is 2.66 bits per heavy atom. The van der Waals surface area contributed by atoms with Crippen LogP contribution in [-0.4, -0.2) is 71.6 Å². The van der Waals surface area contributed by atoms with Gasteiger partial charge in [0.1, 0.15) is 17.7 Å². The zero-order valence-corrected chi connectivity index (χ0v) is 21.8. The molecule has 38 heavy (non-hydrogen) atoms. The number of hydrogen-bond donors (Lipinski definition) is 1. The Hall–Kier alpha value is -3.77. The molecular weight excluding hydrogens is 512 g/mol. The van der Waals surface area contributed by atoms with E-state index in [1.165, 1.54) is 17.2 Å². The van der Waals surface area contributed by atoms with Crippen molar-refractivity contribution in [2.24, 2.45) is 5.92 Å². The number of nitrogens with one attached hydrogen (secondary N) is 1. The first-order valence-electron chi connectivity index (χ1n) is 12.4. The summed E-state index contributed by atoms with van der Waals surface area (Å²) in [6, 6.07) is 10.7. The Labute approximate surface area is 219 Å². The van der Waals surface area contributed by atoms with Crippen LogP contribution in [0.5, 0.6) is 5.95 Å². The number of sulfonamides is 1. The van der Waals surface area contributed by atoms with E-state index in [9.17, 15) is 22.8 Å². The lowest BCUT2D eigenvalue weighted by Crippen LogP contribution is -2.53. The third-order valence-electron chi connectivity index (χ3n) is 6.76. The van der Waals surface area contributed by atoms with Crippen LogP contribution in [0.1, 0.15) is 26.7 Å². The number of amides is 2. The van der Waals surface area contributed by atoms with Crippen LogP contribution in [0.3, 0.4) is 0 Å². The second kappa shape index (κ2) is 10.2. The van der Waals surface area contributed by atoms with Crippen LogP contribution in [0.25, 0.3) is 11.0 Å². The highest BCUT2D eigenvalue weighted by molar-refractivity contribution is 7.89. The monoisotopic (exact) mass is 540 g/mol. The molecule has 3 aromatic rings. The van der Waals surface area contributed by atoms with Gasteiger partial charge in [0.15, 0.2) is 10.8 Å². The summed E-state index contributed by atoms with van der Waals surface area (Å²) in [7, 11) is -4.02. The number of pyridine rings is 1. The lowest BCUT2D eigenvalue weighted by atomic mass is 10.0. The van der Waals surface area contributed by atoms with Crippen LogP contribution in [0.4, 0.5) is 4.79 Å². The van der Waals surface area contributed by atoms with Gasteiger partial charge in [0, 0.05) is 24.2 Å². The number of para-hydroxylation sites is 1. The van der Waals surface area contributed by atoms with Crippen LogP contribution in [0, 0.1) is 5.92 Å². The van der Waals surface area contributed by atoms with E-state index < -0.39 is 40.1 Å². The quantitative estimate of drug-likeness (QED) is 0.482. The maximum Gasteiger partial charge on any atom is 0.415 e. The van der Waals surface area contributed by atoms with Crippen molar-refractivity contribution < 1.29 is 32.0 Å². The summed E-state index contributed by atoms with van der Waals surface area (Å²) < 4.78 is 38.3. The summed E-state index contributed by atoms with van der Waals surface area (Å²) in [5.74, 6) is -0.803. The Morgan fingerprint density at radius 1 is 1.18 bits per heavy atom. The first-order chi connectivity index (χ1) is 18.1. The van der Waals surface area contributed by atoms with E-state index in [0.717, 1.165) is 9.69 Å². The molecular formula is C26H28N4O7S. The summed E-state index contributed by atoms with van der Waals surface area (Å²) >= 11 is 0. The number of carbonyl (C=O) groups is 3. The van der Waals surface area contributed by atoms with Gasteiger partial charge in [0.2, 0.25) is 5.91 Å². The molecule has 0 bridgehead atoms. The molecule has 0 saturated carbocycles. The second-order valence-corrected chi connectivity index (χ2v) is 11.7. The molecule has 0 radical (unpaired) electrons. The molecule has 2 amide bonds. The summed E-state index contributed by atoms with van der Waals surface area (Å²) in [6.07, 6.45) is 1.10. The van der Waals surface area contributed by atoms with Gasteiger partial charge in [-0.15, -0.1) is 0 Å². The topological polar surface area (TPSA) is 139 Å². The van der Waals surface area contributed by atoms with E-state index in [1.807, 2.05) is 26.0 Å². The lowest BCUT2D eigenvalue weighted by Gasteiger charge is -2.28. The normalized spacial score (nSPS) is 20.6. The molecule has 1 N–H and O–H groups in total. The van der Waals surface area contributed by atoms with Crippen molar-refractivity contribution in [1.82, 2.24) is 19.5 Å². The first kappa shape index (κ1) is 25.9. The van der Waals surface area contributed by atoms with Gasteiger partial charge in [0.25, 0.3) is 16.0 Å². The maximum atomic E-state index is 13.6. The smallest absolute Gasteiger partial charge is 0.415 e. The molecule has 3 atom stereocenters. The summed E-state index contributed by atoms with van der Waals surface area (Å²) in [4.78, 5) is 44.7. The number of fused-ring (bicyclic) bond motifs is 2. The maximum absolute atomic E-state index is 13.6. The molecule has 2 aliphatic heterocycles. The number of likely N-dealkylation sites (tertiary alicyclic amines) is 1. The van der Waals surface area contributed by atoms with Gasteiger partial charge in [-0.2, -0.15) is 4.31 Å². The molecule has 11 nitrogen and oxygen atoms in total. The van der Waals surface area contributed by atoms with Gasteiger partial charge in [-0.1, -0.05) is 38.1 Å². The number of aromatic nitrogens is 1. The van der Waals surface area contributed by atoms with Crippen LogP contribution >= 0.6 is 0 Å². The highest BCUT2D eigenvalue weighted by Gasteiger charge is 2.54. The van der Waals surface area contributed by atoms with Gasteiger partial charge in [-0.25, -0.2) is 18.2 Å².